The molecule has 0 atom stereocenters. The molecule has 0 aliphatic heterocycles. The fourth-order valence-corrected chi connectivity index (χ4v) is 2.19. The molecule has 1 aromatic heterocycles. The predicted molar refractivity (Wildman–Crippen MR) is 132 cm³/mol. The highest BCUT2D eigenvalue weighted by molar-refractivity contribution is 14.2. The summed E-state index contributed by atoms with van der Waals surface area (Å²) in [5.74, 6) is 3.42. The normalized spacial score (nSPS) is 8.96. The molecule has 5 N–H and O–H groups in total. The first-order valence-corrected chi connectivity index (χ1v) is 11.8. The van der Waals surface area contributed by atoms with E-state index in [-0.39, 0.29) is 5.16 Å². The van der Waals surface area contributed by atoms with Crippen LogP contribution in [0.25, 0.3) is 0 Å². The summed E-state index contributed by atoms with van der Waals surface area (Å²) < 4.78 is 0. The maximum atomic E-state index is 8.00. The lowest BCUT2D eigenvalue weighted by atomic mass is 10.2. The van der Waals surface area contributed by atoms with E-state index in [2.05, 4.69) is 73.9 Å². The zero-order valence-electron chi connectivity index (χ0n) is 16.2. The summed E-state index contributed by atoms with van der Waals surface area (Å²) in [6, 6.07) is 12.4. The van der Waals surface area contributed by atoms with Gasteiger partial charge < -0.3 is 21.6 Å². The first kappa shape index (κ1) is 28.3. The average Bonchev–Trinajstić information content (AvgIpc) is 2.71. The molecular weight excluding hydrogens is 507 g/mol. The van der Waals surface area contributed by atoms with Crippen molar-refractivity contribution >= 4 is 54.3 Å². The Morgan fingerprint density at radius 2 is 2.00 bits per heavy atom. The molecule has 8 heteroatoms. The average molecular weight is 533 g/mol. The standard InChI is InChI=1S/C8H7IN2S.C8H10.C3H7ClN2.CH2O/c1-6-4-7(2-3-12-9)8(10)11-5-6;1-2-8-6-4-3-5-7-8;1-6-2-3(4)5;1-2/h4-5H,1H3,(H2,10,11);3-7H,2H2,1H3;2,6H,5H2,1H3;1H2/b;;3-2-;. The summed E-state index contributed by atoms with van der Waals surface area (Å²) in [6.45, 7) is 6.13. The molecule has 0 fully saturated rings. The number of aryl methyl sites for hydroxylation is 2. The number of rotatable bonds is 2. The van der Waals surface area contributed by atoms with Crippen molar-refractivity contribution in [2.24, 2.45) is 5.73 Å². The smallest absolute Gasteiger partial charge is 0.139 e. The molecule has 0 aliphatic rings. The summed E-state index contributed by atoms with van der Waals surface area (Å²) in [4.78, 5) is 12.0. The SMILES string of the molecule is C=O.CCc1ccccc1.CN/C=C(\N)Cl.Cc1cnc(N)c(C#CSI)c1. The zero-order chi connectivity index (χ0) is 21.8. The third-order valence-corrected chi connectivity index (χ3v) is 3.76. The fraction of sp³-hybridized carbons (Fsp3) is 0.200. The molecule has 2 aromatic rings. The zero-order valence-corrected chi connectivity index (χ0v) is 19.9. The fourth-order valence-electron chi connectivity index (χ4n) is 1.61. The van der Waals surface area contributed by atoms with E-state index in [4.69, 9.17) is 27.9 Å². The summed E-state index contributed by atoms with van der Waals surface area (Å²) in [5.41, 5.74) is 13.9. The van der Waals surface area contributed by atoms with Crippen LogP contribution < -0.4 is 16.8 Å². The number of hydrogen-bond donors (Lipinski definition) is 3. The maximum Gasteiger partial charge on any atom is 0.139 e. The monoisotopic (exact) mass is 532 g/mol. The first-order chi connectivity index (χ1) is 13.4. The topological polar surface area (TPSA) is 94.0 Å². The number of nitrogen functional groups attached to an aromatic ring is 1. The van der Waals surface area contributed by atoms with Gasteiger partial charge in [-0.3, -0.25) is 0 Å². The highest BCUT2D eigenvalue weighted by Gasteiger charge is 1.95. The molecule has 2 rings (SSSR count). The summed E-state index contributed by atoms with van der Waals surface area (Å²) in [5, 5.41) is 5.79. The van der Waals surface area contributed by atoms with E-state index in [1.54, 1.807) is 13.2 Å². The number of benzene rings is 1. The van der Waals surface area contributed by atoms with Crippen molar-refractivity contribution in [1.82, 2.24) is 10.3 Å². The van der Waals surface area contributed by atoms with Gasteiger partial charge in [0, 0.05) is 40.7 Å². The summed E-state index contributed by atoms with van der Waals surface area (Å²) in [6.07, 6.45) is 4.38. The maximum absolute atomic E-state index is 8.00. The minimum atomic E-state index is 0.275. The minimum Gasteiger partial charge on any atom is -0.392 e. The Morgan fingerprint density at radius 3 is 2.39 bits per heavy atom. The number of carbonyl (C=O) groups excluding carboxylic acids is 1. The number of halogens is 2. The molecule has 0 radical (unpaired) electrons. The van der Waals surface area contributed by atoms with Crippen LogP contribution in [0.15, 0.2) is 54.0 Å². The summed E-state index contributed by atoms with van der Waals surface area (Å²) in [7, 11) is 3.17. The molecule has 0 saturated carbocycles. The molecule has 0 aliphatic carbocycles. The molecule has 1 aromatic carbocycles. The molecule has 0 unspecified atom stereocenters. The van der Waals surface area contributed by atoms with Gasteiger partial charge in [0.15, 0.2) is 0 Å². The van der Waals surface area contributed by atoms with Crippen LogP contribution in [0, 0.1) is 18.1 Å². The number of nitrogens with two attached hydrogens (primary N) is 2. The Hall–Kier alpha value is -1.89. The first-order valence-electron chi connectivity index (χ1n) is 8.06. The lowest BCUT2D eigenvalue weighted by Crippen LogP contribution is -1.97. The van der Waals surface area contributed by atoms with Crippen molar-refractivity contribution in [2.45, 2.75) is 20.3 Å². The molecule has 0 amide bonds. The van der Waals surface area contributed by atoms with Gasteiger partial charge in [-0.1, -0.05) is 54.8 Å². The molecule has 0 bridgehead atoms. The van der Waals surface area contributed by atoms with Crippen LogP contribution in [0.1, 0.15) is 23.6 Å². The number of anilines is 1. The van der Waals surface area contributed by atoms with Gasteiger partial charge in [-0.05, 0) is 44.7 Å². The van der Waals surface area contributed by atoms with Crippen molar-refractivity contribution in [3.63, 3.8) is 0 Å². The van der Waals surface area contributed by atoms with E-state index >= 15 is 0 Å². The van der Waals surface area contributed by atoms with Crippen LogP contribution in [0.2, 0.25) is 0 Å². The second-order valence-corrected chi connectivity index (χ2v) is 7.02. The molecule has 0 spiro atoms. The molecule has 28 heavy (non-hydrogen) atoms. The Bertz CT molecular complexity index is 745. The van der Waals surface area contributed by atoms with Gasteiger partial charge >= 0.3 is 0 Å². The van der Waals surface area contributed by atoms with Gasteiger partial charge in [-0.25, -0.2) is 4.98 Å². The van der Waals surface area contributed by atoms with E-state index in [0.717, 1.165) is 17.5 Å². The Labute approximate surface area is 189 Å². The van der Waals surface area contributed by atoms with Gasteiger partial charge in [-0.15, -0.1) is 0 Å². The van der Waals surface area contributed by atoms with Crippen LogP contribution in [-0.2, 0) is 11.2 Å². The van der Waals surface area contributed by atoms with Crippen molar-refractivity contribution in [1.29, 1.82) is 0 Å². The number of pyridine rings is 1. The van der Waals surface area contributed by atoms with Gasteiger partial charge in [0.2, 0.25) is 0 Å². The third kappa shape index (κ3) is 16.3. The van der Waals surface area contributed by atoms with Crippen LogP contribution >= 0.6 is 41.7 Å². The number of nitrogens with zero attached hydrogens (tertiary/aromatic N) is 1. The number of hydrogen-bond acceptors (Lipinski definition) is 6. The van der Waals surface area contributed by atoms with Crippen molar-refractivity contribution < 1.29 is 4.79 Å². The molecule has 0 saturated heterocycles. The van der Waals surface area contributed by atoms with Crippen molar-refractivity contribution in [3.8, 4) is 11.2 Å². The number of aromatic nitrogens is 1. The molecule has 5 nitrogen and oxygen atoms in total. The highest BCUT2D eigenvalue weighted by atomic mass is 127. The second-order valence-electron chi connectivity index (χ2n) is 4.91. The third-order valence-electron chi connectivity index (χ3n) is 2.81. The van der Waals surface area contributed by atoms with Crippen molar-refractivity contribution in [3.05, 3.63) is 70.6 Å². The van der Waals surface area contributed by atoms with Gasteiger partial charge in [0.1, 0.15) is 17.8 Å². The quantitative estimate of drug-likeness (QED) is 0.297. The molecule has 1 heterocycles. The van der Waals surface area contributed by atoms with E-state index in [9.17, 15) is 0 Å². The number of carbonyl (C=O) groups is 1. The van der Waals surface area contributed by atoms with E-state index in [0.29, 0.717) is 5.82 Å². The second kappa shape index (κ2) is 19.9. The lowest BCUT2D eigenvalue weighted by molar-refractivity contribution is -0.0979. The Morgan fingerprint density at radius 1 is 1.39 bits per heavy atom. The van der Waals surface area contributed by atoms with E-state index < -0.39 is 0 Å². The van der Waals surface area contributed by atoms with Crippen molar-refractivity contribution in [2.75, 3.05) is 12.8 Å². The van der Waals surface area contributed by atoms with Gasteiger partial charge in [0.25, 0.3) is 0 Å². The van der Waals surface area contributed by atoms with E-state index in [1.807, 2.05) is 25.8 Å². The van der Waals surface area contributed by atoms with Crippen LogP contribution in [0.3, 0.4) is 0 Å². The lowest BCUT2D eigenvalue weighted by Gasteiger charge is -1.97. The minimum absolute atomic E-state index is 0.275. The van der Waals surface area contributed by atoms with Gasteiger partial charge in [0.05, 0.1) is 5.56 Å². The number of nitrogens with one attached hydrogen (secondary N) is 1. The highest BCUT2D eigenvalue weighted by Crippen LogP contribution is 2.11. The predicted octanol–water partition coefficient (Wildman–Crippen LogP) is 4.63. The van der Waals surface area contributed by atoms with E-state index in [1.165, 1.54) is 20.7 Å². The van der Waals surface area contributed by atoms with Crippen LogP contribution in [-0.4, -0.2) is 18.8 Å². The van der Waals surface area contributed by atoms with Crippen LogP contribution in [0.4, 0.5) is 5.82 Å². The molecule has 152 valence electrons. The van der Waals surface area contributed by atoms with Gasteiger partial charge in [-0.2, -0.15) is 0 Å². The molecular formula is C20H26ClIN4OS. The Balaban J connectivity index is 0. The largest absolute Gasteiger partial charge is 0.392 e. The Kier molecular flexibility index (Phi) is 20.1. The summed E-state index contributed by atoms with van der Waals surface area (Å²) >= 11 is 7.27. The van der Waals surface area contributed by atoms with Crippen LogP contribution in [0.5, 0.6) is 0 Å².